The van der Waals surface area contributed by atoms with Crippen molar-refractivity contribution in [2.24, 2.45) is 0 Å². The van der Waals surface area contributed by atoms with E-state index in [0.29, 0.717) is 22.6 Å². The second-order valence-corrected chi connectivity index (χ2v) is 6.83. The molecular weight excluding hydrogens is 428 g/mol. The minimum absolute atomic E-state index is 0.0768. The third kappa shape index (κ3) is 4.02. The monoisotopic (exact) mass is 442 g/mol. The number of alkyl halides is 2. The van der Waals surface area contributed by atoms with Crippen molar-refractivity contribution < 1.29 is 22.3 Å². The van der Waals surface area contributed by atoms with Crippen LogP contribution in [0.1, 0.15) is 16.8 Å². The normalized spacial score (nSPS) is 11.1. The SMILES string of the molecule is Cc1cc(Nc2cc(C#N)cc(-c3c(C)nc4c(F)cc(F)cn34)n2)cnc1OC(F)F. The summed E-state index contributed by atoms with van der Waals surface area (Å²) in [5.74, 6) is -1.61. The lowest BCUT2D eigenvalue weighted by molar-refractivity contribution is -0.0533. The lowest BCUT2D eigenvalue weighted by Crippen LogP contribution is -2.06. The van der Waals surface area contributed by atoms with E-state index in [1.54, 1.807) is 13.8 Å². The molecule has 0 saturated carbocycles. The molecule has 0 aliphatic carbocycles. The van der Waals surface area contributed by atoms with Crippen LogP contribution in [0, 0.1) is 36.8 Å². The molecule has 0 bridgehead atoms. The molecule has 0 aliphatic heterocycles. The number of nitriles is 1. The summed E-state index contributed by atoms with van der Waals surface area (Å²) in [6.45, 7) is 0.160. The van der Waals surface area contributed by atoms with Crippen LogP contribution in [-0.4, -0.2) is 26.0 Å². The number of hydrogen-bond donors (Lipinski definition) is 1. The van der Waals surface area contributed by atoms with Gasteiger partial charge < -0.3 is 10.1 Å². The smallest absolute Gasteiger partial charge is 0.388 e. The topological polar surface area (TPSA) is 88.1 Å². The van der Waals surface area contributed by atoms with Gasteiger partial charge >= 0.3 is 6.61 Å². The van der Waals surface area contributed by atoms with Crippen LogP contribution in [-0.2, 0) is 0 Å². The Bertz CT molecular complexity index is 1380. The number of nitrogens with one attached hydrogen (secondary N) is 1. The van der Waals surface area contributed by atoms with Crippen molar-refractivity contribution in [3.63, 3.8) is 0 Å². The molecule has 162 valence electrons. The fourth-order valence-corrected chi connectivity index (χ4v) is 3.26. The summed E-state index contributed by atoms with van der Waals surface area (Å²) in [4.78, 5) is 12.4. The van der Waals surface area contributed by atoms with Gasteiger partial charge in [0, 0.05) is 17.8 Å². The standard InChI is InChI=1S/C21H14F4N6O/c1-10-3-14(8-27-20(10)32-21(24)25)29-17-5-12(7-26)4-16(30-17)18-11(2)28-19-15(23)6-13(22)9-31(18)19/h3-6,8-9,21H,1-2H3,(H,29,30). The van der Waals surface area contributed by atoms with E-state index in [9.17, 15) is 22.8 Å². The molecular formula is C21H14F4N6O. The first-order chi connectivity index (χ1) is 15.2. The third-order valence-electron chi connectivity index (χ3n) is 4.52. The van der Waals surface area contributed by atoms with E-state index >= 15 is 0 Å². The molecule has 1 N–H and O–H groups in total. The van der Waals surface area contributed by atoms with Crippen molar-refractivity contribution in [2.75, 3.05) is 5.32 Å². The average molecular weight is 442 g/mol. The highest BCUT2D eigenvalue weighted by Crippen LogP contribution is 2.29. The van der Waals surface area contributed by atoms with Crippen LogP contribution >= 0.6 is 0 Å². The van der Waals surface area contributed by atoms with Gasteiger partial charge in [0.25, 0.3) is 0 Å². The summed E-state index contributed by atoms with van der Waals surface area (Å²) >= 11 is 0. The maximum absolute atomic E-state index is 14.1. The predicted molar refractivity (Wildman–Crippen MR) is 107 cm³/mol. The van der Waals surface area contributed by atoms with Crippen LogP contribution < -0.4 is 10.1 Å². The van der Waals surface area contributed by atoms with Crippen molar-refractivity contribution in [2.45, 2.75) is 20.5 Å². The fourth-order valence-electron chi connectivity index (χ4n) is 3.26. The minimum atomic E-state index is -3.00. The fraction of sp³-hybridized carbons (Fsp3) is 0.143. The van der Waals surface area contributed by atoms with E-state index in [1.807, 2.05) is 6.07 Å². The van der Waals surface area contributed by atoms with E-state index in [2.05, 4.69) is 25.0 Å². The third-order valence-corrected chi connectivity index (χ3v) is 4.52. The van der Waals surface area contributed by atoms with E-state index in [1.165, 1.54) is 28.8 Å². The number of aryl methyl sites for hydroxylation is 2. The Morgan fingerprint density at radius 1 is 1.12 bits per heavy atom. The predicted octanol–water partition coefficient (Wildman–Crippen LogP) is 4.90. The van der Waals surface area contributed by atoms with Crippen LogP contribution in [0.3, 0.4) is 0 Å². The van der Waals surface area contributed by atoms with Gasteiger partial charge in [-0.2, -0.15) is 14.0 Å². The Labute approximate surface area is 179 Å². The molecule has 4 rings (SSSR count). The van der Waals surface area contributed by atoms with Crippen molar-refractivity contribution in [3.05, 3.63) is 65.1 Å². The molecule has 0 unspecified atom stereocenters. The summed E-state index contributed by atoms with van der Waals surface area (Å²) in [6, 6.07) is 7.19. The number of fused-ring (bicyclic) bond motifs is 1. The van der Waals surface area contributed by atoms with E-state index in [0.717, 1.165) is 12.3 Å². The zero-order valence-electron chi connectivity index (χ0n) is 16.7. The molecule has 0 amide bonds. The molecule has 7 nitrogen and oxygen atoms in total. The second-order valence-electron chi connectivity index (χ2n) is 6.83. The molecule has 4 aromatic heterocycles. The number of anilines is 2. The average Bonchev–Trinajstić information content (AvgIpc) is 3.05. The number of nitrogens with zero attached hydrogens (tertiary/aromatic N) is 5. The van der Waals surface area contributed by atoms with Gasteiger partial charge in [-0.25, -0.2) is 23.7 Å². The number of imidazole rings is 1. The highest BCUT2D eigenvalue weighted by molar-refractivity contribution is 5.69. The van der Waals surface area contributed by atoms with Crippen molar-refractivity contribution in [3.8, 4) is 23.3 Å². The summed E-state index contributed by atoms with van der Waals surface area (Å²) < 4.78 is 58.4. The van der Waals surface area contributed by atoms with E-state index < -0.39 is 18.2 Å². The number of pyridine rings is 3. The molecule has 0 aromatic carbocycles. The Balaban J connectivity index is 1.77. The van der Waals surface area contributed by atoms with E-state index in [4.69, 9.17) is 0 Å². The zero-order valence-corrected chi connectivity index (χ0v) is 16.7. The quantitative estimate of drug-likeness (QED) is 0.442. The molecule has 0 radical (unpaired) electrons. The zero-order chi connectivity index (χ0) is 23.0. The van der Waals surface area contributed by atoms with Crippen LogP contribution in [0.5, 0.6) is 5.88 Å². The Kier molecular flexibility index (Phi) is 5.36. The summed E-state index contributed by atoms with van der Waals surface area (Å²) in [5, 5.41) is 12.4. The molecule has 4 heterocycles. The first-order valence-corrected chi connectivity index (χ1v) is 9.20. The van der Waals surface area contributed by atoms with Crippen molar-refractivity contribution >= 4 is 17.2 Å². The molecule has 4 aromatic rings. The summed E-state index contributed by atoms with van der Waals surface area (Å²) in [5.41, 5.74) is 1.87. The van der Waals surface area contributed by atoms with Gasteiger partial charge in [0.05, 0.1) is 40.6 Å². The van der Waals surface area contributed by atoms with Crippen molar-refractivity contribution in [1.29, 1.82) is 5.26 Å². The number of aromatic nitrogens is 4. The maximum atomic E-state index is 14.1. The Hall–Kier alpha value is -4.20. The maximum Gasteiger partial charge on any atom is 0.388 e. The summed E-state index contributed by atoms with van der Waals surface area (Å²) in [7, 11) is 0. The Morgan fingerprint density at radius 2 is 1.91 bits per heavy atom. The number of hydrogen-bond acceptors (Lipinski definition) is 6. The lowest BCUT2D eigenvalue weighted by atomic mass is 10.1. The van der Waals surface area contributed by atoms with Crippen LogP contribution in [0.25, 0.3) is 17.0 Å². The summed E-state index contributed by atoms with van der Waals surface area (Å²) in [6.07, 6.45) is 2.35. The van der Waals surface area contributed by atoms with Gasteiger partial charge in [-0.05, 0) is 32.0 Å². The van der Waals surface area contributed by atoms with E-state index in [-0.39, 0.29) is 28.6 Å². The number of ether oxygens (including phenoxy) is 1. The molecule has 0 spiro atoms. The number of halogens is 4. The molecule has 0 saturated heterocycles. The van der Waals surface area contributed by atoms with Gasteiger partial charge in [-0.15, -0.1) is 0 Å². The van der Waals surface area contributed by atoms with Gasteiger partial charge in [-0.1, -0.05) is 0 Å². The molecule has 0 fully saturated rings. The number of rotatable bonds is 5. The first-order valence-electron chi connectivity index (χ1n) is 9.20. The molecule has 0 aliphatic rings. The Morgan fingerprint density at radius 3 is 2.59 bits per heavy atom. The van der Waals surface area contributed by atoms with Gasteiger partial charge in [-0.3, -0.25) is 4.40 Å². The van der Waals surface area contributed by atoms with Gasteiger partial charge in [0.1, 0.15) is 11.6 Å². The van der Waals surface area contributed by atoms with Crippen molar-refractivity contribution in [1.82, 2.24) is 19.4 Å². The lowest BCUT2D eigenvalue weighted by Gasteiger charge is -2.11. The van der Waals surface area contributed by atoms with Gasteiger partial charge in [0.2, 0.25) is 5.88 Å². The minimum Gasteiger partial charge on any atom is -0.417 e. The first kappa shape index (κ1) is 21.0. The molecule has 32 heavy (non-hydrogen) atoms. The van der Waals surface area contributed by atoms with Crippen LogP contribution in [0.15, 0.2) is 36.7 Å². The highest BCUT2D eigenvalue weighted by Gasteiger charge is 2.18. The largest absolute Gasteiger partial charge is 0.417 e. The molecule has 11 heteroatoms. The molecule has 0 atom stereocenters. The van der Waals surface area contributed by atoms with Crippen LogP contribution in [0.4, 0.5) is 29.1 Å². The van der Waals surface area contributed by atoms with Gasteiger partial charge in [0.15, 0.2) is 11.5 Å². The van der Waals surface area contributed by atoms with Crippen LogP contribution in [0.2, 0.25) is 0 Å². The second kappa shape index (κ2) is 8.14. The highest BCUT2D eigenvalue weighted by atomic mass is 19.3.